The Bertz CT molecular complexity index is 638. The third kappa shape index (κ3) is 2.65. The second-order valence-corrected chi connectivity index (χ2v) is 7.05. The van der Waals surface area contributed by atoms with Gasteiger partial charge in [0.1, 0.15) is 0 Å². The smallest absolute Gasteiger partial charge is 0.225 e. The van der Waals surface area contributed by atoms with Crippen LogP contribution in [0, 0.1) is 12.3 Å². The third-order valence-electron chi connectivity index (χ3n) is 4.43. The molecule has 1 heterocycles. The molecule has 3 nitrogen and oxygen atoms in total. The lowest BCUT2D eigenvalue weighted by molar-refractivity contribution is -0.122. The van der Waals surface area contributed by atoms with Crippen molar-refractivity contribution in [1.82, 2.24) is 5.32 Å². The Hall–Kier alpha value is -1.90. The summed E-state index contributed by atoms with van der Waals surface area (Å²) in [5.41, 5.74) is 3.86. The van der Waals surface area contributed by atoms with E-state index < -0.39 is 0 Å². The molecule has 0 radical (unpaired) electrons. The number of benzene rings is 1. The fraction of sp³-hybridized carbons (Fsp3) is 0.444. The molecule has 1 atom stereocenters. The highest BCUT2D eigenvalue weighted by Gasteiger charge is 2.40. The van der Waals surface area contributed by atoms with Crippen molar-refractivity contribution in [2.75, 3.05) is 0 Å². The summed E-state index contributed by atoms with van der Waals surface area (Å²) in [6, 6.07) is 8.16. The molecule has 0 unspecified atom stereocenters. The monoisotopic (exact) mass is 283 g/mol. The van der Waals surface area contributed by atoms with Gasteiger partial charge in [0, 0.05) is 30.0 Å². The maximum absolute atomic E-state index is 12.6. The summed E-state index contributed by atoms with van der Waals surface area (Å²) in [6.45, 7) is 6.20. The van der Waals surface area contributed by atoms with E-state index in [4.69, 9.17) is 0 Å². The molecular formula is C18H21NO2. The molecule has 110 valence electrons. The third-order valence-corrected chi connectivity index (χ3v) is 4.43. The molecule has 0 saturated heterocycles. The van der Waals surface area contributed by atoms with Gasteiger partial charge in [-0.1, -0.05) is 43.7 Å². The van der Waals surface area contributed by atoms with Crippen LogP contribution < -0.4 is 5.32 Å². The average Bonchev–Trinajstić information content (AvgIpc) is 2.36. The van der Waals surface area contributed by atoms with Gasteiger partial charge in [-0.2, -0.15) is 0 Å². The summed E-state index contributed by atoms with van der Waals surface area (Å²) in [5, 5.41) is 2.94. The van der Waals surface area contributed by atoms with Gasteiger partial charge >= 0.3 is 0 Å². The van der Waals surface area contributed by atoms with Crippen LogP contribution in [0.15, 0.2) is 35.5 Å². The number of Topliss-reactive ketones (excluding diaryl/α,β-unsaturated/α-hetero) is 1. The van der Waals surface area contributed by atoms with Crippen LogP contribution in [0.3, 0.4) is 0 Å². The predicted octanol–water partition coefficient (Wildman–Crippen LogP) is 3.24. The normalized spacial score (nSPS) is 24.6. The van der Waals surface area contributed by atoms with E-state index in [0.29, 0.717) is 12.8 Å². The number of ketones is 1. The lowest BCUT2D eigenvalue weighted by atomic mass is 9.70. The van der Waals surface area contributed by atoms with E-state index in [1.165, 1.54) is 5.56 Å². The van der Waals surface area contributed by atoms with Gasteiger partial charge in [0.2, 0.25) is 5.91 Å². The van der Waals surface area contributed by atoms with Crippen molar-refractivity contribution in [1.29, 1.82) is 0 Å². The number of allylic oxidation sites excluding steroid dienone is 2. The lowest BCUT2D eigenvalue weighted by Crippen LogP contribution is -2.40. The molecule has 1 aliphatic carbocycles. The van der Waals surface area contributed by atoms with E-state index in [-0.39, 0.29) is 23.0 Å². The number of aryl methyl sites for hydroxylation is 1. The second-order valence-electron chi connectivity index (χ2n) is 7.05. The number of nitrogens with one attached hydrogen (secondary N) is 1. The van der Waals surface area contributed by atoms with Gasteiger partial charge in [-0.15, -0.1) is 0 Å². The van der Waals surface area contributed by atoms with E-state index in [2.05, 4.69) is 19.2 Å². The first-order valence-corrected chi connectivity index (χ1v) is 7.48. The van der Waals surface area contributed by atoms with Crippen LogP contribution in [0.25, 0.3) is 0 Å². The average molecular weight is 283 g/mol. The fourth-order valence-corrected chi connectivity index (χ4v) is 3.44. The zero-order valence-electron chi connectivity index (χ0n) is 12.8. The first-order valence-electron chi connectivity index (χ1n) is 7.48. The molecule has 21 heavy (non-hydrogen) atoms. The van der Waals surface area contributed by atoms with Crippen LogP contribution in [0.4, 0.5) is 0 Å². The van der Waals surface area contributed by atoms with Crippen molar-refractivity contribution in [2.45, 2.75) is 46.0 Å². The molecule has 0 spiro atoms. The van der Waals surface area contributed by atoms with E-state index in [9.17, 15) is 9.59 Å². The maximum atomic E-state index is 12.6. The van der Waals surface area contributed by atoms with Gasteiger partial charge in [0.05, 0.1) is 0 Å². The molecular weight excluding hydrogens is 262 g/mol. The Balaban J connectivity index is 2.06. The Labute approximate surface area is 125 Å². The topological polar surface area (TPSA) is 46.2 Å². The van der Waals surface area contributed by atoms with Gasteiger partial charge in [0.15, 0.2) is 5.78 Å². The van der Waals surface area contributed by atoms with E-state index in [1.54, 1.807) is 0 Å². The summed E-state index contributed by atoms with van der Waals surface area (Å²) in [5.74, 6) is 0.120. The maximum Gasteiger partial charge on any atom is 0.225 e. The number of carbonyl (C=O) groups is 2. The molecule has 0 aromatic heterocycles. The Morgan fingerprint density at radius 3 is 2.43 bits per heavy atom. The first kappa shape index (κ1) is 14.1. The minimum Gasteiger partial charge on any atom is -0.329 e. The van der Waals surface area contributed by atoms with E-state index in [0.717, 1.165) is 23.3 Å². The van der Waals surface area contributed by atoms with Crippen LogP contribution >= 0.6 is 0 Å². The van der Waals surface area contributed by atoms with Crippen molar-refractivity contribution in [3.05, 3.63) is 46.7 Å². The Morgan fingerprint density at radius 1 is 1.10 bits per heavy atom. The SMILES string of the molecule is Cc1ccc([C@H]2CC(=O)NC3=C2C(=O)CC(C)(C)C3)cc1. The zero-order chi connectivity index (χ0) is 15.2. The molecule has 1 N–H and O–H groups in total. The summed E-state index contributed by atoms with van der Waals surface area (Å²) in [7, 11) is 0. The summed E-state index contributed by atoms with van der Waals surface area (Å²) >= 11 is 0. The predicted molar refractivity (Wildman–Crippen MR) is 81.7 cm³/mol. The van der Waals surface area contributed by atoms with Crippen molar-refractivity contribution < 1.29 is 9.59 Å². The summed E-state index contributed by atoms with van der Waals surface area (Å²) in [6.07, 6.45) is 1.69. The van der Waals surface area contributed by atoms with Crippen LogP contribution in [-0.2, 0) is 9.59 Å². The number of rotatable bonds is 1. The zero-order valence-corrected chi connectivity index (χ0v) is 12.8. The van der Waals surface area contributed by atoms with Gasteiger partial charge in [-0.3, -0.25) is 9.59 Å². The second kappa shape index (κ2) is 4.83. The minimum atomic E-state index is -0.0852. The van der Waals surface area contributed by atoms with Crippen LogP contribution in [0.5, 0.6) is 0 Å². The summed E-state index contributed by atoms with van der Waals surface area (Å²) < 4.78 is 0. The van der Waals surface area contributed by atoms with Crippen molar-refractivity contribution in [3.63, 3.8) is 0 Å². The summed E-state index contributed by atoms with van der Waals surface area (Å²) in [4.78, 5) is 24.6. The van der Waals surface area contributed by atoms with E-state index in [1.807, 2.05) is 31.2 Å². The molecule has 1 aliphatic heterocycles. The van der Waals surface area contributed by atoms with Crippen molar-refractivity contribution in [3.8, 4) is 0 Å². The molecule has 2 aliphatic rings. The highest BCUT2D eigenvalue weighted by Crippen LogP contribution is 2.43. The minimum absolute atomic E-state index is 0.0184. The van der Waals surface area contributed by atoms with E-state index >= 15 is 0 Å². The van der Waals surface area contributed by atoms with Crippen LogP contribution in [-0.4, -0.2) is 11.7 Å². The molecule has 3 rings (SSSR count). The molecule has 1 aromatic rings. The molecule has 0 bridgehead atoms. The fourth-order valence-electron chi connectivity index (χ4n) is 3.44. The van der Waals surface area contributed by atoms with Gasteiger partial charge in [0.25, 0.3) is 0 Å². The molecule has 3 heteroatoms. The number of hydrogen-bond acceptors (Lipinski definition) is 2. The molecule has 1 amide bonds. The number of amides is 1. The van der Waals surface area contributed by atoms with Gasteiger partial charge in [-0.05, 0) is 24.3 Å². The van der Waals surface area contributed by atoms with Gasteiger partial charge < -0.3 is 5.32 Å². The quantitative estimate of drug-likeness (QED) is 0.860. The number of hydrogen-bond donors (Lipinski definition) is 1. The highest BCUT2D eigenvalue weighted by molar-refractivity contribution is 6.02. The van der Waals surface area contributed by atoms with Crippen LogP contribution in [0.1, 0.15) is 50.2 Å². The Kier molecular flexibility index (Phi) is 3.23. The first-order chi connectivity index (χ1) is 9.85. The molecule has 0 fully saturated rings. The number of carbonyl (C=O) groups excluding carboxylic acids is 2. The highest BCUT2D eigenvalue weighted by atomic mass is 16.2. The van der Waals surface area contributed by atoms with Crippen molar-refractivity contribution >= 4 is 11.7 Å². The van der Waals surface area contributed by atoms with Crippen molar-refractivity contribution in [2.24, 2.45) is 5.41 Å². The largest absolute Gasteiger partial charge is 0.329 e. The Morgan fingerprint density at radius 2 is 1.76 bits per heavy atom. The standard InChI is InChI=1S/C18H21NO2/c1-11-4-6-12(7-5-11)13-8-16(21)19-14-9-18(2,3)10-15(20)17(13)14/h4-7,13H,8-10H2,1-3H3,(H,19,21)/t13-/m1/s1. The van der Waals surface area contributed by atoms with Crippen LogP contribution in [0.2, 0.25) is 0 Å². The molecule has 1 aromatic carbocycles. The molecule has 0 saturated carbocycles. The lowest BCUT2D eigenvalue weighted by Gasteiger charge is -2.37. The van der Waals surface area contributed by atoms with Gasteiger partial charge in [-0.25, -0.2) is 0 Å².